The van der Waals surface area contributed by atoms with E-state index in [0.29, 0.717) is 32.5 Å². The Kier molecular flexibility index (Phi) is 7.11. The van der Waals surface area contributed by atoms with Crippen LogP contribution in [0.4, 0.5) is 0 Å². The van der Waals surface area contributed by atoms with Crippen molar-refractivity contribution in [1.82, 2.24) is 9.62 Å². The zero-order valence-electron chi connectivity index (χ0n) is 13.2. The first kappa shape index (κ1) is 19.7. The fraction of sp³-hybridized carbons (Fsp3) is 0.929. The van der Waals surface area contributed by atoms with Crippen LogP contribution in [0.25, 0.3) is 0 Å². The summed E-state index contributed by atoms with van der Waals surface area (Å²) in [7, 11) is -3.13. The predicted molar refractivity (Wildman–Crippen MR) is 89.4 cm³/mol. The highest BCUT2D eigenvalue weighted by Crippen LogP contribution is 2.30. The fourth-order valence-corrected chi connectivity index (χ4v) is 4.51. The molecule has 22 heavy (non-hydrogen) atoms. The fourth-order valence-electron chi connectivity index (χ4n) is 3.37. The number of hydrogen-bond acceptors (Lipinski definition) is 4. The molecule has 1 saturated heterocycles. The molecule has 0 unspecified atom stereocenters. The summed E-state index contributed by atoms with van der Waals surface area (Å²) >= 11 is 0. The number of halogens is 1. The van der Waals surface area contributed by atoms with Crippen molar-refractivity contribution >= 4 is 28.3 Å². The molecule has 8 heteroatoms. The Hall–Kier alpha value is -0.370. The Labute approximate surface area is 139 Å². The van der Waals surface area contributed by atoms with E-state index in [4.69, 9.17) is 5.73 Å². The van der Waals surface area contributed by atoms with Crippen LogP contribution in [0.1, 0.15) is 45.4 Å². The predicted octanol–water partition coefficient (Wildman–Crippen LogP) is 0.858. The molecule has 130 valence electrons. The summed E-state index contributed by atoms with van der Waals surface area (Å²) in [5.74, 6) is 0.0911. The van der Waals surface area contributed by atoms with Crippen LogP contribution in [0.3, 0.4) is 0 Å². The van der Waals surface area contributed by atoms with Crippen LogP contribution in [0.5, 0.6) is 0 Å². The van der Waals surface area contributed by atoms with E-state index in [0.717, 1.165) is 25.7 Å². The van der Waals surface area contributed by atoms with Gasteiger partial charge in [0.15, 0.2) is 0 Å². The Morgan fingerprint density at radius 3 is 2.27 bits per heavy atom. The van der Waals surface area contributed by atoms with Crippen LogP contribution < -0.4 is 11.1 Å². The number of sulfonamides is 1. The van der Waals surface area contributed by atoms with Crippen LogP contribution in [-0.2, 0) is 14.8 Å². The van der Waals surface area contributed by atoms with E-state index < -0.39 is 10.0 Å². The molecule has 1 aliphatic heterocycles. The number of rotatable bonds is 5. The summed E-state index contributed by atoms with van der Waals surface area (Å²) in [5.41, 5.74) is 5.62. The van der Waals surface area contributed by atoms with Crippen LogP contribution in [-0.4, -0.2) is 49.6 Å². The van der Waals surface area contributed by atoms with Gasteiger partial charge in [-0.25, -0.2) is 12.7 Å². The van der Waals surface area contributed by atoms with E-state index in [1.54, 1.807) is 6.92 Å². The minimum Gasteiger partial charge on any atom is -0.349 e. The molecule has 6 nitrogen and oxygen atoms in total. The summed E-state index contributed by atoms with van der Waals surface area (Å²) < 4.78 is 25.1. The Bertz CT molecular complexity index is 470. The molecule has 2 aliphatic rings. The molecule has 0 atom stereocenters. The molecule has 0 bridgehead atoms. The largest absolute Gasteiger partial charge is 0.349 e. The molecule has 1 saturated carbocycles. The van der Waals surface area contributed by atoms with Crippen LogP contribution in [0.2, 0.25) is 0 Å². The topological polar surface area (TPSA) is 92.5 Å². The molecule has 1 amide bonds. The number of hydrogen-bond donors (Lipinski definition) is 2. The molecule has 2 rings (SSSR count). The summed E-state index contributed by atoms with van der Waals surface area (Å²) in [5, 5.41) is 3.15. The number of amides is 1. The Balaban J connectivity index is 0.00000242. The molecule has 2 fully saturated rings. The van der Waals surface area contributed by atoms with Crippen molar-refractivity contribution in [3.8, 4) is 0 Å². The maximum absolute atomic E-state index is 12.4. The van der Waals surface area contributed by atoms with Gasteiger partial charge in [0.05, 0.1) is 11.3 Å². The van der Waals surface area contributed by atoms with Gasteiger partial charge in [-0.3, -0.25) is 4.79 Å². The van der Waals surface area contributed by atoms with Crippen LogP contribution in [0.15, 0.2) is 0 Å². The van der Waals surface area contributed by atoms with Gasteiger partial charge in [0.1, 0.15) is 0 Å². The lowest BCUT2D eigenvalue weighted by molar-refractivity contribution is -0.128. The molecule has 0 aromatic rings. The molecule has 1 aliphatic carbocycles. The van der Waals surface area contributed by atoms with E-state index >= 15 is 0 Å². The van der Waals surface area contributed by atoms with E-state index in [2.05, 4.69) is 5.32 Å². The first-order valence-corrected chi connectivity index (χ1v) is 9.53. The smallest absolute Gasteiger partial charge is 0.223 e. The molecule has 0 radical (unpaired) electrons. The van der Waals surface area contributed by atoms with Gasteiger partial charge < -0.3 is 11.1 Å². The second-order valence-electron chi connectivity index (χ2n) is 6.25. The molecule has 1 heterocycles. The molecule has 0 aromatic heterocycles. The summed E-state index contributed by atoms with van der Waals surface area (Å²) in [6, 6.07) is 0. The zero-order valence-corrected chi connectivity index (χ0v) is 14.8. The van der Waals surface area contributed by atoms with Crippen LogP contribution in [0, 0.1) is 5.92 Å². The first-order chi connectivity index (χ1) is 9.92. The normalized spacial score (nSPS) is 23.0. The zero-order chi connectivity index (χ0) is 15.5. The third kappa shape index (κ3) is 4.34. The van der Waals surface area contributed by atoms with Gasteiger partial charge in [-0.1, -0.05) is 12.8 Å². The van der Waals surface area contributed by atoms with Crippen molar-refractivity contribution in [2.75, 3.05) is 25.4 Å². The lowest BCUT2D eigenvalue weighted by Gasteiger charge is -2.34. The highest BCUT2D eigenvalue weighted by Gasteiger charge is 2.37. The monoisotopic (exact) mass is 353 g/mol. The van der Waals surface area contributed by atoms with Crippen molar-refractivity contribution in [2.24, 2.45) is 11.7 Å². The van der Waals surface area contributed by atoms with E-state index in [1.807, 2.05) is 0 Å². The van der Waals surface area contributed by atoms with Gasteiger partial charge in [0, 0.05) is 25.6 Å². The third-order valence-corrected chi connectivity index (χ3v) is 6.80. The van der Waals surface area contributed by atoms with Crippen LogP contribution >= 0.6 is 12.4 Å². The highest BCUT2D eigenvalue weighted by atomic mass is 35.5. The summed E-state index contributed by atoms with van der Waals surface area (Å²) in [6.07, 6.45) is 5.35. The number of nitrogens with one attached hydrogen (secondary N) is 1. The van der Waals surface area contributed by atoms with Gasteiger partial charge in [-0.05, 0) is 32.6 Å². The molecule has 3 N–H and O–H groups in total. The average Bonchev–Trinajstić information content (AvgIpc) is 2.96. The quantitative estimate of drug-likeness (QED) is 0.766. The maximum atomic E-state index is 12.4. The van der Waals surface area contributed by atoms with E-state index in [1.165, 1.54) is 4.31 Å². The Morgan fingerprint density at radius 2 is 1.82 bits per heavy atom. The lowest BCUT2D eigenvalue weighted by Crippen LogP contribution is -2.54. The van der Waals surface area contributed by atoms with Crippen molar-refractivity contribution < 1.29 is 13.2 Å². The molecular weight excluding hydrogens is 326 g/mol. The number of nitrogens with two attached hydrogens (primary N) is 1. The second-order valence-corrected chi connectivity index (χ2v) is 8.51. The van der Waals surface area contributed by atoms with Gasteiger partial charge in [-0.2, -0.15) is 0 Å². The van der Waals surface area contributed by atoms with Crippen molar-refractivity contribution in [3.63, 3.8) is 0 Å². The number of carbonyl (C=O) groups excluding carboxylic acids is 1. The standard InChI is InChI=1S/C14H27N3O3S.ClH/c1-2-21(19,20)17-9-5-12(6-10-17)13(18)16-14(11-15)7-3-4-8-14;/h12H,2-11,15H2,1H3,(H,16,18);1H. The first-order valence-electron chi connectivity index (χ1n) is 7.92. The van der Waals surface area contributed by atoms with Crippen molar-refractivity contribution in [1.29, 1.82) is 0 Å². The highest BCUT2D eigenvalue weighted by molar-refractivity contribution is 7.89. The minimum absolute atomic E-state index is 0. The van der Waals surface area contributed by atoms with Gasteiger partial charge in [0.25, 0.3) is 0 Å². The second kappa shape index (κ2) is 7.95. The SMILES string of the molecule is CCS(=O)(=O)N1CCC(C(=O)NC2(CN)CCCC2)CC1.Cl. The van der Waals surface area contributed by atoms with E-state index in [9.17, 15) is 13.2 Å². The average molecular weight is 354 g/mol. The van der Waals surface area contributed by atoms with Crippen molar-refractivity contribution in [2.45, 2.75) is 51.0 Å². The Morgan fingerprint density at radius 1 is 1.27 bits per heavy atom. The molecular formula is C14H28ClN3O3S. The van der Waals surface area contributed by atoms with Gasteiger partial charge in [0.2, 0.25) is 15.9 Å². The van der Waals surface area contributed by atoms with Crippen molar-refractivity contribution in [3.05, 3.63) is 0 Å². The lowest BCUT2D eigenvalue weighted by atomic mass is 9.93. The van der Waals surface area contributed by atoms with E-state index in [-0.39, 0.29) is 35.5 Å². The summed E-state index contributed by atoms with van der Waals surface area (Å²) in [6.45, 7) is 3.04. The maximum Gasteiger partial charge on any atom is 0.223 e. The van der Waals surface area contributed by atoms with Gasteiger partial charge >= 0.3 is 0 Å². The third-order valence-electron chi connectivity index (χ3n) is 4.92. The number of piperidine rings is 1. The molecule has 0 aromatic carbocycles. The summed E-state index contributed by atoms with van der Waals surface area (Å²) in [4.78, 5) is 12.4. The minimum atomic E-state index is -3.13. The number of nitrogens with zero attached hydrogens (tertiary/aromatic N) is 1. The molecule has 0 spiro atoms. The number of carbonyl (C=O) groups is 1. The van der Waals surface area contributed by atoms with Gasteiger partial charge in [-0.15, -0.1) is 12.4 Å².